The maximum Gasteiger partial charge on any atom is 0.138 e. The maximum absolute atomic E-state index is 9.55. The normalized spacial score (nSPS) is 23.5. The minimum atomic E-state index is -0.125. The molecule has 0 unspecified atom stereocenters. The largest absolute Gasteiger partial charge is 0.393 e. The first-order valence-corrected chi connectivity index (χ1v) is 7.66. The number of benzene rings is 1. The van der Waals surface area contributed by atoms with Gasteiger partial charge in [0.05, 0.1) is 17.0 Å². The van der Waals surface area contributed by atoms with Crippen LogP contribution in [0.1, 0.15) is 25.7 Å². The number of aromatic nitrogens is 2. The summed E-state index contributed by atoms with van der Waals surface area (Å²) in [6, 6.07) is 6.49. The van der Waals surface area contributed by atoms with Gasteiger partial charge in [-0.25, -0.2) is 9.97 Å². The molecule has 0 atom stereocenters. The average Bonchev–Trinajstić information content (AvgIpc) is 2.42. The molecule has 5 heteroatoms. The lowest BCUT2D eigenvalue weighted by Gasteiger charge is -2.27. The van der Waals surface area contributed by atoms with Gasteiger partial charge in [0.1, 0.15) is 12.1 Å². The van der Waals surface area contributed by atoms with Gasteiger partial charge >= 0.3 is 0 Å². The van der Waals surface area contributed by atoms with Crippen LogP contribution in [0.5, 0.6) is 0 Å². The number of anilines is 1. The molecule has 1 aromatic heterocycles. The highest BCUT2D eigenvalue weighted by Gasteiger charge is 2.20. The molecule has 0 saturated heterocycles. The summed E-state index contributed by atoms with van der Waals surface area (Å²) in [4.78, 5) is 8.70. The second-order valence-electron chi connectivity index (χ2n) is 5.01. The van der Waals surface area contributed by atoms with Crippen LogP contribution in [0.15, 0.2) is 24.5 Å². The molecule has 19 heavy (non-hydrogen) atoms. The van der Waals surface area contributed by atoms with Crippen molar-refractivity contribution >= 4 is 39.3 Å². The van der Waals surface area contributed by atoms with Crippen molar-refractivity contribution in [3.05, 3.63) is 28.1 Å². The van der Waals surface area contributed by atoms with E-state index in [1.165, 1.54) is 0 Å². The molecule has 3 rings (SSSR count). The first-order chi connectivity index (χ1) is 9.24. The van der Waals surface area contributed by atoms with E-state index in [0.29, 0.717) is 6.04 Å². The van der Waals surface area contributed by atoms with E-state index in [1.54, 1.807) is 6.33 Å². The molecule has 1 fully saturated rings. The lowest BCUT2D eigenvalue weighted by atomic mass is 9.93. The van der Waals surface area contributed by atoms with E-state index in [2.05, 4.69) is 43.9 Å². The quantitative estimate of drug-likeness (QED) is 0.800. The minimum absolute atomic E-state index is 0.125. The van der Waals surface area contributed by atoms with Crippen LogP contribution in [0, 0.1) is 3.57 Å². The standard InChI is InChI=1S/C14H16IN3O/c15-11-2-1-3-12-13(11)14(17-8-16-12)18-9-4-6-10(19)7-5-9/h1-3,8-10,19H,4-7H2,(H,16,17,18). The predicted octanol–water partition coefficient (Wildman–Crippen LogP) is 2.95. The molecule has 1 aliphatic rings. The second kappa shape index (κ2) is 5.58. The number of aliphatic hydroxyl groups excluding tert-OH is 1. The van der Waals surface area contributed by atoms with Crippen molar-refractivity contribution in [2.75, 3.05) is 5.32 Å². The molecule has 2 N–H and O–H groups in total. The zero-order valence-corrected chi connectivity index (χ0v) is 12.7. The van der Waals surface area contributed by atoms with Crippen molar-refractivity contribution in [1.29, 1.82) is 0 Å². The van der Waals surface area contributed by atoms with Gasteiger partial charge in [-0.05, 0) is 60.4 Å². The van der Waals surface area contributed by atoms with Crippen molar-refractivity contribution in [3.8, 4) is 0 Å². The van der Waals surface area contributed by atoms with Gasteiger partial charge in [0.15, 0.2) is 0 Å². The Morgan fingerprint density at radius 2 is 1.95 bits per heavy atom. The molecule has 100 valence electrons. The zero-order valence-electron chi connectivity index (χ0n) is 10.5. The number of halogens is 1. The van der Waals surface area contributed by atoms with E-state index >= 15 is 0 Å². The summed E-state index contributed by atoms with van der Waals surface area (Å²) in [7, 11) is 0. The Morgan fingerprint density at radius 1 is 1.16 bits per heavy atom. The highest BCUT2D eigenvalue weighted by molar-refractivity contribution is 14.1. The summed E-state index contributed by atoms with van der Waals surface area (Å²) in [6.07, 6.45) is 5.22. The van der Waals surface area contributed by atoms with E-state index in [9.17, 15) is 5.11 Å². The fourth-order valence-corrected chi connectivity index (χ4v) is 3.33. The lowest BCUT2D eigenvalue weighted by Crippen LogP contribution is -2.28. The van der Waals surface area contributed by atoms with E-state index in [4.69, 9.17) is 0 Å². The Hall–Kier alpha value is -0.950. The molecular weight excluding hydrogens is 353 g/mol. The molecule has 1 heterocycles. The molecule has 4 nitrogen and oxygen atoms in total. The van der Waals surface area contributed by atoms with Crippen LogP contribution in [-0.4, -0.2) is 27.2 Å². The first kappa shape index (κ1) is 13.1. The summed E-state index contributed by atoms with van der Waals surface area (Å²) in [5, 5.41) is 14.2. The summed E-state index contributed by atoms with van der Waals surface area (Å²) in [5.74, 6) is 0.913. The van der Waals surface area contributed by atoms with Crippen molar-refractivity contribution in [2.24, 2.45) is 0 Å². The highest BCUT2D eigenvalue weighted by Crippen LogP contribution is 2.28. The first-order valence-electron chi connectivity index (χ1n) is 6.58. The fraction of sp³-hybridized carbons (Fsp3) is 0.429. The van der Waals surface area contributed by atoms with Gasteiger partial charge in [-0.15, -0.1) is 0 Å². The third kappa shape index (κ3) is 2.81. The summed E-state index contributed by atoms with van der Waals surface area (Å²) in [6.45, 7) is 0. The molecule has 0 amide bonds. The number of nitrogens with zero attached hydrogens (tertiary/aromatic N) is 2. The number of hydrogen-bond acceptors (Lipinski definition) is 4. The predicted molar refractivity (Wildman–Crippen MR) is 84.1 cm³/mol. The third-order valence-corrected chi connectivity index (χ3v) is 4.55. The van der Waals surface area contributed by atoms with Crippen LogP contribution in [-0.2, 0) is 0 Å². The Labute approximate surface area is 125 Å². The number of fused-ring (bicyclic) bond motifs is 1. The van der Waals surface area contributed by atoms with Crippen LogP contribution in [0.3, 0.4) is 0 Å². The van der Waals surface area contributed by atoms with Crippen LogP contribution < -0.4 is 5.32 Å². The van der Waals surface area contributed by atoms with Gasteiger partial charge in [-0.2, -0.15) is 0 Å². The lowest BCUT2D eigenvalue weighted by molar-refractivity contribution is 0.126. The summed E-state index contributed by atoms with van der Waals surface area (Å²) >= 11 is 2.32. The monoisotopic (exact) mass is 369 g/mol. The fourth-order valence-electron chi connectivity index (χ4n) is 2.59. The van der Waals surface area contributed by atoms with Crippen LogP contribution in [0.2, 0.25) is 0 Å². The summed E-state index contributed by atoms with van der Waals surface area (Å²) < 4.78 is 1.16. The Morgan fingerprint density at radius 3 is 2.74 bits per heavy atom. The van der Waals surface area contributed by atoms with E-state index < -0.39 is 0 Å². The van der Waals surface area contributed by atoms with Crippen molar-refractivity contribution in [3.63, 3.8) is 0 Å². The Kier molecular flexibility index (Phi) is 3.83. The highest BCUT2D eigenvalue weighted by atomic mass is 127. The molecule has 0 bridgehead atoms. The van der Waals surface area contributed by atoms with E-state index in [0.717, 1.165) is 46.0 Å². The third-order valence-electron chi connectivity index (χ3n) is 3.65. The topological polar surface area (TPSA) is 58.0 Å². The molecule has 2 aromatic rings. The molecule has 0 aliphatic heterocycles. The molecule has 0 radical (unpaired) electrons. The van der Waals surface area contributed by atoms with Crippen molar-refractivity contribution in [1.82, 2.24) is 9.97 Å². The van der Waals surface area contributed by atoms with E-state index in [-0.39, 0.29) is 6.10 Å². The molecular formula is C14H16IN3O. The molecule has 1 aromatic carbocycles. The Balaban J connectivity index is 1.88. The van der Waals surface area contributed by atoms with Crippen molar-refractivity contribution in [2.45, 2.75) is 37.8 Å². The number of aliphatic hydroxyl groups is 1. The van der Waals surface area contributed by atoms with Gasteiger partial charge in [0.25, 0.3) is 0 Å². The number of rotatable bonds is 2. The second-order valence-corrected chi connectivity index (χ2v) is 6.17. The van der Waals surface area contributed by atoms with E-state index in [1.807, 2.05) is 12.1 Å². The van der Waals surface area contributed by atoms with Gasteiger partial charge in [-0.3, -0.25) is 0 Å². The average molecular weight is 369 g/mol. The smallest absolute Gasteiger partial charge is 0.138 e. The van der Waals surface area contributed by atoms with Gasteiger partial charge in [-0.1, -0.05) is 6.07 Å². The Bertz CT molecular complexity index is 577. The SMILES string of the molecule is OC1CCC(Nc2ncnc3cccc(I)c23)CC1. The molecule has 1 saturated carbocycles. The zero-order chi connectivity index (χ0) is 13.2. The molecule has 0 spiro atoms. The van der Waals surface area contributed by atoms with Gasteiger partial charge < -0.3 is 10.4 Å². The maximum atomic E-state index is 9.55. The minimum Gasteiger partial charge on any atom is -0.393 e. The number of hydrogen-bond donors (Lipinski definition) is 2. The van der Waals surface area contributed by atoms with Crippen molar-refractivity contribution < 1.29 is 5.11 Å². The van der Waals surface area contributed by atoms with Crippen LogP contribution in [0.4, 0.5) is 5.82 Å². The summed E-state index contributed by atoms with van der Waals surface area (Å²) in [5.41, 5.74) is 0.972. The molecule has 1 aliphatic carbocycles. The number of nitrogens with one attached hydrogen (secondary N) is 1. The van der Waals surface area contributed by atoms with Crippen LogP contribution in [0.25, 0.3) is 10.9 Å². The van der Waals surface area contributed by atoms with Gasteiger partial charge in [0, 0.05) is 9.61 Å². The van der Waals surface area contributed by atoms with Crippen LogP contribution >= 0.6 is 22.6 Å². The van der Waals surface area contributed by atoms with Gasteiger partial charge in [0.2, 0.25) is 0 Å².